The van der Waals surface area contributed by atoms with E-state index in [9.17, 15) is 9.59 Å². The SMILES string of the molecule is CC1C(C(=O)N(C)Cc2cc(=O)[nH]c3ccccc23)NNC1c1ccccc1. The minimum absolute atomic E-state index is 0.00259. The summed E-state index contributed by atoms with van der Waals surface area (Å²) < 4.78 is 0. The van der Waals surface area contributed by atoms with Crippen LogP contribution in [0.25, 0.3) is 10.9 Å². The molecule has 1 amide bonds. The van der Waals surface area contributed by atoms with Crippen molar-refractivity contribution in [3.63, 3.8) is 0 Å². The van der Waals surface area contributed by atoms with Gasteiger partial charge >= 0.3 is 0 Å². The van der Waals surface area contributed by atoms with Crippen molar-refractivity contribution in [3.8, 4) is 0 Å². The fraction of sp³-hybridized carbons (Fsp3) is 0.273. The second-order valence-electron chi connectivity index (χ2n) is 7.41. The standard InChI is InChI=1S/C22H24N4O2/c1-14-20(15-8-4-3-5-9-15)24-25-21(14)22(28)26(2)13-16-12-19(27)23-18-11-7-6-10-17(16)18/h3-12,14,20-21,24-25H,13H2,1-2H3,(H,23,27). The Morgan fingerprint density at radius 3 is 2.54 bits per heavy atom. The lowest BCUT2D eigenvalue weighted by molar-refractivity contribution is -0.133. The first-order valence-corrected chi connectivity index (χ1v) is 9.46. The molecule has 0 bridgehead atoms. The van der Waals surface area contributed by atoms with Gasteiger partial charge in [0, 0.05) is 36.5 Å². The summed E-state index contributed by atoms with van der Waals surface area (Å²) >= 11 is 0. The summed E-state index contributed by atoms with van der Waals surface area (Å²) in [7, 11) is 1.78. The van der Waals surface area contributed by atoms with E-state index in [-0.39, 0.29) is 29.5 Å². The van der Waals surface area contributed by atoms with E-state index in [1.165, 1.54) is 0 Å². The Balaban J connectivity index is 1.52. The molecule has 2 aromatic carbocycles. The van der Waals surface area contributed by atoms with E-state index in [1.54, 1.807) is 18.0 Å². The smallest absolute Gasteiger partial charge is 0.248 e. The maximum absolute atomic E-state index is 13.1. The maximum Gasteiger partial charge on any atom is 0.248 e. The third-order valence-electron chi connectivity index (χ3n) is 5.49. The normalized spacial score (nSPS) is 21.7. The van der Waals surface area contributed by atoms with Gasteiger partial charge in [0.05, 0.1) is 6.04 Å². The van der Waals surface area contributed by atoms with Crippen LogP contribution < -0.4 is 16.4 Å². The van der Waals surface area contributed by atoms with Crippen molar-refractivity contribution in [2.45, 2.75) is 25.6 Å². The molecule has 4 rings (SSSR count). The van der Waals surface area contributed by atoms with Gasteiger partial charge in [-0.2, -0.15) is 0 Å². The number of aromatic nitrogens is 1. The van der Waals surface area contributed by atoms with Crippen LogP contribution in [0.15, 0.2) is 65.5 Å². The summed E-state index contributed by atoms with van der Waals surface area (Å²) in [5.41, 5.74) is 9.04. The summed E-state index contributed by atoms with van der Waals surface area (Å²) in [5.74, 6) is 0.0936. The summed E-state index contributed by atoms with van der Waals surface area (Å²) in [6, 6.07) is 19.1. The predicted octanol–water partition coefficient (Wildman–Crippen LogP) is 2.34. The van der Waals surface area contributed by atoms with Crippen molar-refractivity contribution in [2.75, 3.05) is 7.05 Å². The molecule has 28 heavy (non-hydrogen) atoms. The Bertz CT molecular complexity index is 1050. The Labute approximate surface area is 163 Å². The molecule has 6 heteroatoms. The molecule has 3 unspecified atom stereocenters. The third-order valence-corrected chi connectivity index (χ3v) is 5.49. The number of amides is 1. The average molecular weight is 376 g/mol. The highest BCUT2D eigenvalue weighted by Gasteiger charge is 2.38. The second kappa shape index (κ2) is 7.58. The van der Waals surface area contributed by atoms with Gasteiger partial charge in [-0.05, 0) is 17.2 Å². The van der Waals surface area contributed by atoms with Crippen molar-refractivity contribution in [3.05, 3.63) is 82.1 Å². The molecule has 3 N–H and O–H groups in total. The lowest BCUT2D eigenvalue weighted by atomic mass is 9.90. The molecule has 3 aromatic rings. The van der Waals surface area contributed by atoms with E-state index in [0.717, 1.165) is 22.0 Å². The molecule has 1 aromatic heterocycles. The number of hydrogen-bond donors (Lipinski definition) is 3. The molecule has 1 aliphatic rings. The molecule has 2 heterocycles. The predicted molar refractivity (Wildman–Crippen MR) is 109 cm³/mol. The second-order valence-corrected chi connectivity index (χ2v) is 7.41. The topological polar surface area (TPSA) is 77.2 Å². The lowest BCUT2D eigenvalue weighted by Gasteiger charge is -2.24. The highest BCUT2D eigenvalue weighted by molar-refractivity contribution is 5.85. The zero-order valence-electron chi connectivity index (χ0n) is 16.0. The number of likely N-dealkylation sites (N-methyl/N-ethyl adjacent to an activating group) is 1. The van der Waals surface area contributed by atoms with Crippen LogP contribution in [0.3, 0.4) is 0 Å². The molecule has 0 radical (unpaired) electrons. The van der Waals surface area contributed by atoms with Crippen LogP contribution in [0.5, 0.6) is 0 Å². The van der Waals surface area contributed by atoms with Gasteiger partial charge in [0.2, 0.25) is 11.5 Å². The van der Waals surface area contributed by atoms with E-state index in [2.05, 4.69) is 34.9 Å². The van der Waals surface area contributed by atoms with E-state index in [0.29, 0.717) is 6.54 Å². The molecule has 3 atom stereocenters. The molecule has 0 aliphatic carbocycles. The van der Waals surface area contributed by atoms with Crippen molar-refractivity contribution in [2.24, 2.45) is 5.92 Å². The summed E-state index contributed by atoms with van der Waals surface area (Å²) in [4.78, 5) is 29.6. The van der Waals surface area contributed by atoms with Gasteiger partial charge < -0.3 is 9.88 Å². The number of benzene rings is 2. The monoisotopic (exact) mass is 376 g/mol. The van der Waals surface area contributed by atoms with Gasteiger partial charge in [0.1, 0.15) is 6.04 Å². The minimum Gasteiger partial charge on any atom is -0.340 e. The number of carbonyl (C=O) groups excluding carboxylic acids is 1. The Hall–Kier alpha value is -2.96. The van der Waals surface area contributed by atoms with E-state index < -0.39 is 0 Å². The molecule has 1 aliphatic heterocycles. The number of para-hydroxylation sites is 1. The van der Waals surface area contributed by atoms with Gasteiger partial charge in [-0.25, -0.2) is 10.9 Å². The lowest BCUT2D eigenvalue weighted by Crippen LogP contribution is -2.45. The van der Waals surface area contributed by atoms with Crippen LogP contribution in [0, 0.1) is 5.92 Å². The number of pyridine rings is 1. The van der Waals surface area contributed by atoms with E-state index in [4.69, 9.17) is 0 Å². The highest BCUT2D eigenvalue weighted by Crippen LogP contribution is 2.29. The number of carbonyl (C=O) groups is 1. The molecule has 6 nitrogen and oxygen atoms in total. The first-order chi connectivity index (χ1) is 13.5. The third kappa shape index (κ3) is 3.44. The van der Waals surface area contributed by atoms with Crippen molar-refractivity contribution < 1.29 is 4.79 Å². The van der Waals surface area contributed by atoms with Crippen molar-refractivity contribution >= 4 is 16.8 Å². The van der Waals surface area contributed by atoms with Gasteiger partial charge in [0.25, 0.3) is 0 Å². The minimum atomic E-state index is -0.330. The number of rotatable bonds is 4. The van der Waals surface area contributed by atoms with Crippen LogP contribution in [0.2, 0.25) is 0 Å². The molecule has 1 fully saturated rings. The zero-order valence-corrected chi connectivity index (χ0v) is 16.0. The number of fused-ring (bicyclic) bond motifs is 1. The average Bonchev–Trinajstić information content (AvgIpc) is 3.09. The largest absolute Gasteiger partial charge is 0.340 e. The van der Waals surface area contributed by atoms with Crippen LogP contribution in [0.4, 0.5) is 0 Å². The number of aromatic amines is 1. The molecular formula is C22H24N4O2. The van der Waals surface area contributed by atoms with Gasteiger partial charge in [-0.1, -0.05) is 55.5 Å². The fourth-order valence-corrected chi connectivity index (χ4v) is 3.95. The van der Waals surface area contributed by atoms with Crippen LogP contribution >= 0.6 is 0 Å². The van der Waals surface area contributed by atoms with Gasteiger partial charge in [-0.15, -0.1) is 0 Å². The summed E-state index contributed by atoms with van der Waals surface area (Å²) in [5, 5.41) is 0.953. The van der Waals surface area contributed by atoms with E-state index >= 15 is 0 Å². The molecule has 0 saturated carbocycles. The Morgan fingerprint density at radius 2 is 1.75 bits per heavy atom. The molecule has 1 saturated heterocycles. The van der Waals surface area contributed by atoms with Crippen molar-refractivity contribution in [1.29, 1.82) is 0 Å². The molecular weight excluding hydrogens is 352 g/mol. The fourth-order valence-electron chi connectivity index (χ4n) is 3.95. The number of nitrogens with zero attached hydrogens (tertiary/aromatic N) is 1. The summed E-state index contributed by atoms with van der Waals surface area (Å²) in [6.45, 7) is 2.45. The first kappa shape index (κ1) is 18.4. The van der Waals surface area contributed by atoms with Crippen molar-refractivity contribution in [1.82, 2.24) is 20.7 Å². The zero-order chi connectivity index (χ0) is 19.7. The molecule has 144 valence electrons. The number of hydrogen-bond acceptors (Lipinski definition) is 4. The Morgan fingerprint density at radius 1 is 1.04 bits per heavy atom. The Kier molecular flexibility index (Phi) is 4.98. The number of nitrogens with one attached hydrogen (secondary N) is 3. The van der Waals surface area contributed by atoms with Crippen LogP contribution in [0.1, 0.15) is 24.1 Å². The van der Waals surface area contributed by atoms with E-state index in [1.807, 2.05) is 42.5 Å². The maximum atomic E-state index is 13.1. The van der Waals surface area contributed by atoms with Gasteiger partial charge in [0.15, 0.2) is 0 Å². The van der Waals surface area contributed by atoms with Crippen LogP contribution in [-0.2, 0) is 11.3 Å². The quantitative estimate of drug-likeness (QED) is 0.653. The number of hydrazine groups is 1. The van der Waals surface area contributed by atoms with Gasteiger partial charge in [-0.3, -0.25) is 9.59 Å². The molecule has 0 spiro atoms. The highest BCUT2D eigenvalue weighted by atomic mass is 16.2. The summed E-state index contributed by atoms with van der Waals surface area (Å²) in [6.07, 6.45) is 0. The first-order valence-electron chi connectivity index (χ1n) is 9.46. The number of H-pyrrole nitrogens is 1. The van der Waals surface area contributed by atoms with Crippen LogP contribution in [-0.4, -0.2) is 28.9 Å².